The van der Waals surface area contributed by atoms with Crippen LogP contribution in [-0.2, 0) is 32.7 Å². The number of phosphoric acid groups is 1. The molecule has 0 saturated heterocycles. The summed E-state index contributed by atoms with van der Waals surface area (Å²) in [5, 5.41) is 70.3. The Kier molecular flexibility index (Phi) is 36.7. The van der Waals surface area contributed by atoms with Crippen LogP contribution in [-0.4, -0.2) is 121 Å². The standard InChI is InChI=1S/C53H79O15P/c1-3-5-7-8-9-10-11-12-13-14-15-16-17-18-19-20-24-27-33-39-46(56)65-41-45(42-66-69(63,64)68-53-51(61)49(59)48(58)50(60)52(53)62)67-47(57)40-34-28-32-38-44(55)37-31-26-23-21-22-25-30-36-43(54)35-29-6-4-2/h5-7,9-10,12-13,15-16,18-19,22-27,29-32,36-38,43-45,48-55,58-62H,3-4,8,11,14,17,20-21,28,33-35,39-42H2,1-2H3,(H,63,64)/b7-5-,10-9-,13-12-,16-15-,19-18-,25-22-,26-23-,27-24-,29-6-,36-30+,37-31+,38-32-/t43-,44-,45+,48?,49-,50+,51+,52+,53?/m0/s1. The first-order chi connectivity index (χ1) is 33.2. The van der Waals surface area contributed by atoms with Crippen LogP contribution >= 0.6 is 7.82 Å². The Morgan fingerprint density at radius 3 is 1.59 bits per heavy atom. The second-order valence-electron chi connectivity index (χ2n) is 15.9. The normalized spacial score (nSPS) is 23.1. The van der Waals surface area contributed by atoms with E-state index in [0.29, 0.717) is 38.5 Å². The van der Waals surface area contributed by atoms with Gasteiger partial charge in [-0.25, -0.2) is 4.57 Å². The second-order valence-corrected chi connectivity index (χ2v) is 17.3. The molecule has 1 saturated carbocycles. The number of carbonyl (C=O) groups excluding carboxylic acids is 2. The van der Waals surface area contributed by atoms with Gasteiger partial charge in [-0.2, -0.15) is 0 Å². The molecule has 0 amide bonds. The van der Waals surface area contributed by atoms with E-state index in [4.69, 9.17) is 18.5 Å². The van der Waals surface area contributed by atoms with E-state index in [1.807, 2.05) is 61.6 Å². The molecule has 3 unspecified atom stereocenters. The van der Waals surface area contributed by atoms with Crippen molar-refractivity contribution < 1.29 is 73.3 Å². The molecule has 8 N–H and O–H groups in total. The summed E-state index contributed by atoms with van der Waals surface area (Å²) in [6.45, 7) is 2.75. The third-order valence-electron chi connectivity index (χ3n) is 9.86. The van der Waals surface area contributed by atoms with E-state index in [2.05, 4.69) is 55.5 Å². The maximum Gasteiger partial charge on any atom is 0.472 e. The molecule has 15 nitrogen and oxygen atoms in total. The number of hydrogen-bond donors (Lipinski definition) is 8. The third kappa shape index (κ3) is 33.0. The van der Waals surface area contributed by atoms with Gasteiger partial charge in [0.15, 0.2) is 6.10 Å². The van der Waals surface area contributed by atoms with E-state index in [9.17, 15) is 54.8 Å². The zero-order chi connectivity index (χ0) is 51.0. The predicted octanol–water partition coefficient (Wildman–Crippen LogP) is 7.66. The molecule has 0 aromatic rings. The number of ether oxygens (including phenoxy) is 2. The van der Waals surface area contributed by atoms with Gasteiger partial charge < -0.3 is 50.1 Å². The Labute approximate surface area is 409 Å². The number of hydrogen-bond acceptors (Lipinski definition) is 14. The van der Waals surface area contributed by atoms with Crippen LogP contribution in [0.5, 0.6) is 0 Å². The maximum absolute atomic E-state index is 12.8. The van der Waals surface area contributed by atoms with Crippen molar-refractivity contribution >= 4 is 19.8 Å². The summed E-state index contributed by atoms with van der Waals surface area (Å²) in [5.41, 5.74) is 0. The summed E-state index contributed by atoms with van der Waals surface area (Å²) in [6, 6.07) is 0. The van der Waals surface area contributed by atoms with Gasteiger partial charge in [0.25, 0.3) is 0 Å². The van der Waals surface area contributed by atoms with Gasteiger partial charge in [-0.15, -0.1) is 0 Å². The summed E-state index contributed by atoms with van der Waals surface area (Å²) in [7, 11) is -5.21. The third-order valence-corrected chi connectivity index (χ3v) is 10.8. The maximum atomic E-state index is 12.8. The summed E-state index contributed by atoms with van der Waals surface area (Å²) >= 11 is 0. The highest BCUT2D eigenvalue weighted by Crippen LogP contribution is 2.47. The number of carbonyl (C=O) groups is 2. The number of aliphatic hydroxyl groups is 7. The van der Waals surface area contributed by atoms with Gasteiger partial charge in [0.1, 0.15) is 43.2 Å². The van der Waals surface area contributed by atoms with Crippen molar-refractivity contribution in [2.75, 3.05) is 13.2 Å². The lowest BCUT2D eigenvalue weighted by Gasteiger charge is -2.41. The average Bonchev–Trinajstić information content (AvgIpc) is 3.32. The number of rotatable bonds is 36. The zero-order valence-corrected chi connectivity index (χ0v) is 41.1. The monoisotopic (exact) mass is 987 g/mol. The zero-order valence-electron chi connectivity index (χ0n) is 40.2. The van der Waals surface area contributed by atoms with Crippen LogP contribution in [0.1, 0.15) is 104 Å². The van der Waals surface area contributed by atoms with E-state index in [1.165, 1.54) is 0 Å². The minimum absolute atomic E-state index is 0.0116. The van der Waals surface area contributed by atoms with E-state index >= 15 is 0 Å². The van der Waals surface area contributed by atoms with E-state index < -0.39 is 87.9 Å². The van der Waals surface area contributed by atoms with Crippen LogP contribution in [0.25, 0.3) is 0 Å². The van der Waals surface area contributed by atoms with Crippen LogP contribution in [0.3, 0.4) is 0 Å². The van der Waals surface area contributed by atoms with Crippen molar-refractivity contribution in [1.29, 1.82) is 0 Å². The Bertz CT molecular complexity index is 1790. The lowest BCUT2D eigenvalue weighted by atomic mass is 9.85. The smallest absolute Gasteiger partial charge is 0.462 e. The molecule has 0 bridgehead atoms. The molecule has 0 spiro atoms. The highest BCUT2D eigenvalue weighted by atomic mass is 31.2. The minimum atomic E-state index is -5.21. The topological polar surface area (TPSA) is 250 Å². The molecule has 69 heavy (non-hydrogen) atoms. The summed E-state index contributed by atoms with van der Waals surface area (Å²) in [4.78, 5) is 35.7. The molecule has 1 aliphatic rings. The van der Waals surface area contributed by atoms with Crippen LogP contribution < -0.4 is 0 Å². The Morgan fingerprint density at radius 2 is 1.03 bits per heavy atom. The quantitative estimate of drug-likeness (QED) is 0.00987. The van der Waals surface area contributed by atoms with Crippen molar-refractivity contribution in [3.63, 3.8) is 0 Å². The molecule has 16 heteroatoms. The lowest BCUT2D eigenvalue weighted by Crippen LogP contribution is -2.64. The SMILES string of the molecule is CC/C=C\C/C=C\C/C=C\C/C=C\C/C=C\C/C=C\CCC(=O)OC[C@H](COP(=O)(O)OC1[C@H](O)[C@H](O)C(O)[C@H](O)[C@H]1O)OC(=O)CCC/C=C\[C@@H](O)/C=C/C=C\C/C=C\C=C\[C@@H](O)C/C=C\CC. The van der Waals surface area contributed by atoms with Gasteiger partial charge >= 0.3 is 19.8 Å². The van der Waals surface area contributed by atoms with Gasteiger partial charge in [-0.05, 0) is 77.0 Å². The first-order valence-corrected chi connectivity index (χ1v) is 25.4. The predicted molar refractivity (Wildman–Crippen MR) is 269 cm³/mol. The van der Waals surface area contributed by atoms with Gasteiger partial charge in [-0.1, -0.05) is 160 Å². The fourth-order valence-electron chi connectivity index (χ4n) is 6.05. The largest absolute Gasteiger partial charge is 0.472 e. The highest BCUT2D eigenvalue weighted by molar-refractivity contribution is 7.47. The van der Waals surface area contributed by atoms with Crippen molar-refractivity contribution in [2.45, 2.75) is 159 Å². The molecular formula is C53H79O15P. The number of aliphatic hydroxyl groups excluding tert-OH is 7. The summed E-state index contributed by atoms with van der Waals surface area (Å²) < 4.78 is 33.3. The van der Waals surface area contributed by atoms with Crippen molar-refractivity contribution in [1.82, 2.24) is 0 Å². The Morgan fingerprint density at radius 1 is 0.536 bits per heavy atom. The molecule has 1 aliphatic carbocycles. The molecule has 0 aromatic heterocycles. The summed E-state index contributed by atoms with van der Waals surface area (Å²) in [5.74, 6) is -1.40. The molecule has 386 valence electrons. The van der Waals surface area contributed by atoms with Gasteiger partial charge in [-0.3, -0.25) is 18.6 Å². The molecule has 0 aliphatic heterocycles. The average molecular weight is 987 g/mol. The molecule has 1 fully saturated rings. The number of phosphoric ester groups is 1. The fraction of sp³-hybridized carbons (Fsp3) is 0.509. The lowest BCUT2D eigenvalue weighted by molar-refractivity contribution is -0.220. The van der Waals surface area contributed by atoms with E-state index in [1.54, 1.807) is 42.5 Å². The molecule has 0 heterocycles. The van der Waals surface area contributed by atoms with Crippen molar-refractivity contribution in [3.05, 3.63) is 146 Å². The second kappa shape index (κ2) is 40.4. The molecule has 0 radical (unpaired) electrons. The van der Waals surface area contributed by atoms with Crippen molar-refractivity contribution in [2.24, 2.45) is 0 Å². The first kappa shape index (κ1) is 62.7. The van der Waals surface area contributed by atoms with Crippen LogP contribution in [0.2, 0.25) is 0 Å². The van der Waals surface area contributed by atoms with Crippen molar-refractivity contribution in [3.8, 4) is 0 Å². The van der Waals surface area contributed by atoms with Crippen LogP contribution in [0.4, 0.5) is 0 Å². The number of unbranched alkanes of at least 4 members (excludes halogenated alkanes) is 1. The van der Waals surface area contributed by atoms with Crippen LogP contribution in [0.15, 0.2) is 146 Å². The van der Waals surface area contributed by atoms with E-state index in [0.717, 1.165) is 38.5 Å². The molecule has 10 atom stereocenters. The number of esters is 2. The Balaban J connectivity index is 2.62. The van der Waals surface area contributed by atoms with E-state index in [-0.39, 0.29) is 12.8 Å². The van der Waals surface area contributed by atoms with Gasteiger partial charge in [0, 0.05) is 12.8 Å². The Hall–Kier alpha value is -4.35. The van der Waals surface area contributed by atoms with Gasteiger partial charge in [0.05, 0.1) is 18.8 Å². The van der Waals surface area contributed by atoms with Crippen LogP contribution in [0, 0.1) is 0 Å². The molecule has 1 rings (SSSR count). The molecule has 0 aromatic carbocycles. The van der Waals surface area contributed by atoms with Gasteiger partial charge in [0.2, 0.25) is 0 Å². The fourth-order valence-corrected chi connectivity index (χ4v) is 7.02. The summed E-state index contributed by atoms with van der Waals surface area (Å²) in [6.07, 6.45) is 39.7. The molecular weight excluding hydrogens is 908 g/mol. The minimum Gasteiger partial charge on any atom is -0.462 e. The number of allylic oxidation sites excluding steroid dienone is 20. The first-order valence-electron chi connectivity index (χ1n) is 23.9. The highest BCUT2D eigenvalue weighted by Gasteiger charge is 2.51.